The second-order valence-corrected chi connectivity index (χ2v) is 7.48. The molecule has 3 aromatic rings. The van der Waals surface area contributed by atoms with E-state index in [9.17, 15) is 14.0 Å². The van der Waals surface area contributed by atoms with Gasteiger partial charge in [-0.3, -0.25) is 9.59 Å². The van der Waals surface area contributed by atoms with E-state index < -0.39 is 5.82 Å². The first-order chi connectivity index (χ1) is 13.5. The normalized spacial score (nSPS) is 10.8. The van der Waals surface area contributed by atoms with Crippen LogP contribution in [0.25, 0.3) is 0 Å². The summed E-state index contributed by atoms with van der Waals surface area (Å²) in [5.74, 6) is -0.366. The van der Waals surface area contributed by atoms with Gasteiger partial charge in [-0.05, 0) is 18.6 Å². The summed E-state index contributed by atoms with van der Waals surface area (Å²) in [5, 5.41) is 0.617. The zero-order chi connectivity index (χ0) is 20.1. The van der Waals surface area contributed by atoms with Crippen LogP contribution >= 0.6 is 23.4 Å². The summed E-state index contributed by atoms with van der Waals surface area (Å²) >= 11 is 7.27. The van der Waals surface area contributed by atoms with Crippen LogP contribution in [0, 0.1) is 5.82 Å². The number of aromatic nitrogens is 2. The lowest BCUT2D eigenvalue weighted by atomic mass is 10.0. The average Bonchev–Trinajstić information content (AvgIpc) is 2.69. The number of carbonyl (C=O) groups excluding carboxylic acids is 1. The molecular formula is C21H18ClFN2O2S. The number of H-pyrrole nitrogens is 1. The lowest BCUT2D eigenvalue weighted by Gasteiger charge is -2.11. The van der Waals surface area contributed by atoms with Gasteiger partial charge in [0.05, 0.1) is 11.4 Å². The summed E-state index contributed by atoms with van der Waals surface area (Å²) in [4.78, 5) is 31.9. The van der Waals surface area contributed by atoms with Gasteiger partial charge in [-0.2, -0.15) is 0 Å². The molecule has 1 heterocycles. The van der Waals surface area contributed by atoms with Crippen molar-refractivity contribution in [2.24, 2.45) is 0 Å². The van der Waals surface area contributed by atoms with Crippen LogP contribution in [0.2, 0.25) is 5.02 Å². The first-order valence-corrected chi connectivity index (χ1v) is 10.1. The number of Topliss-reactive ketones (excluding diaryl/α,β-unsaturated/α-hetero) is 1. The molecule has 0 aliphatic rings. The molecule has 0 spiro atoms. The van der Waals surface area contributed by atoms with E-state index >= 15 is 0 Å². The fourth-order valence-corrected chi connectivity index (χ4v) is 3.81. The highest BCUT2D eigenvalue weighted by Crippen LogP contribution is 2.23. The number of benzene rings is 2. The minimum absolute atomic E-state index is 0.0634. The van der Waals surface area contributed by atoms with Gasteiger partial charge in [0.15, 0.2) is 10.9 Å². The molecule has 0 radical (unpaired) electrons. The molecule has 28 heavy (non-hydrogen) atoms. The number of rotatable bonds is 7. The van der Waals surface area contributed by atoms with Crippen molar-refractivity contribution < 1.29 is 9.18 Å². The topological polar surface area (TPSA) is 62.8 Å². The van der Waals surface area contributed by atoms with E-state index in [-0.39, 0.29) is 28.5 Å². The van der Waals surface area contributed by atoms with Crippen molar-refractivity contribution in [1.29, 1.82) is 0 Å². The molecule has 3 rings (SSSR count). The monoisotopic (exact) mass is 416 g/mol. The van der Waals surface area contributed by atoms with Gasteiger partial charge in [0.2, 0.25) is 0 Å². The van der Waals surface area contributed by atoms with Crippen LogP contribution in [0.4, 0.5) is 4.39 Å². The summed E-state index contributed by atoms with van der Waals surface area (Å²) in [6.45, 7) is 1.84. The average molecular weight is 417 g/mol. The van der Waals surface area contributed by atoms with Crippen LogP contribution in [-0.4, -0.2) is 21.5 Å². The van der Waals surface area contributed by atoms with Gasteiger partial charge in [0.25, 0.3) is 5.56 Å². The molecule has 0 aliphatic carbocycles. The standard InChI is InChI=1S/C21H18ClFN2O2S/c1-2-14-18(11-15-16(22)9-6-10-17(15)23)24-21(25-20(14)27)28-12-19(26)13-7-4-3-5-8-13/h3-10H,2,11-12H2,1H3,(H,24,25,27). The Hall–Kier alpha value is -2.44. The molecule has 7 heteroatoms. The maximum absolute atomic E-state index is 14.2. The van der Waals surface area contributed by atoms with Crippen LogP contribution in [0.5, 0.6) is 0 Å². The second kappa shape index (κ2) is 9.17. The van der Waals surface area contributed by atoms with Gasteiger partial charge < -0.3 is 4.98 Å². The quantitative estimate of drug-likeness (QED) is 0.345. The van der Waals surface area contributed by atoms with E-state index in [1.807, 2.05) is 13.0 Å². The first-order valence-electron chi connectivity index (χ1n) is 8.75. The van der Waals surface area contributed by atoms with Gasteiger partial charge >= 0.3 is 0 Å². The minimum atomic E-state index is -0.440. The number of hydrogen-bond donors (Lipinski definition) is 1. The van der Waals surface area contributed by atoms with Gasteiger partial charge in [-0.1, -0.05) is 66.7 Å². The van der Waals surface area contributed by atoms with Gasteiger partial charge in [0, 0.05) is 28.1 Å². The highest BCUT2D eigenvalue weighted by molar-refractivity contribution is 7.99. The lowest BCUT2D eigenvalue weighted by molar-refractivity contribution is 0.102. The molecule has 0 fully saturated rings. The van der Waals surface area contributed by atoms with E-state index in [0.29, 0.717) is 34.0 Å². The Morgan fingerprint density at radius 1 is 1.14 bits per heavy atom. The number of carbonyl (C=O) groups is 1. The number of thioether (sulfide) groups is 1. The predicted molar refractivity (Wildman–Crippen MR) is 110 cm³/mol. The molecule has 0 amide bonds. The van der Waals surface area contributed by atoms with Crippen molar-refractivity contribution in [2.75, 3.05) is 5.75 Å². The Kier molecular flexibility index (Phi) is 6.65. The van der Waals surface area contributed by atoms with E-state index in [1.54, 1.807) is 30.3 Å². The zero-order valence-corrected chi connectivity index (χ0v) is 16.7. The summed E-state index contributed by atoms with van der Waals surface area (Å²) in [5.41, 5.74) is 1.56. The fourth-order valence-electron chi connectivity index (χ4n) is 2.81. The van der Waals surface area contributed by atoms with Crippen molar-refractivity contribution >= 4 is 29.1 Å². The highest BCUT2D eigenvalue weighted by atomic mass is 35.5. The SMILES string of the molecule is CCc1c(Cc2c(F)cccc2Cl)nc(SCC(=O)c2ccccc2)[nH]c1=O. The third-order valence-corrected chi connectivity index (χ3v) is 5.50. The van der Waals surface area contributed by atoms with Gasteiger partial charge in [-0.25, -0.2) is 9.37 Å². The molecule has 144 valence electrons. The largest absolute Gasteiger partial charge is 0.301 e. The Labute approximate surface area is 171 Å². The molecular weight excluding hydrogens is 399 g/mol. The number of aromatic amines is 1. The Morgan fingerprint density at radius 2 is 1.89 bits per heavy atom. The first kappa shape index (κ1) is 20.3. The molecule has 4 nitrogen and oxygen atoms in total. The van der Waals surface area contributed by atoms with Crippen LogP contribution in [-0.2, 0) is 12.8 Å². The number of nitrogens with zero attached hydrogens (tertiary/aromatic N) is 1. The number of nitrogens with one attached hydrogen (secondary N) is 1. The maximum atomic E-state index is 14.2. The molecule has 0 unspecified atom stereocenters. The summed E-state index contributed by atoms with van der Waals surface area (Å²) in [6.07, 6.45) is 0.566. The van der Waals surface area contributed by atoms with E-state index in [4.69, 9.17) is 11.6 Å². The molecule has 0 atom stereocenters. The fraction of sp³-hybridized carbons (Fsp3) is 0.190. The maximum Gasteiger partial charge on any atom is 0.254 e. The summed E-state index contributed by atoms with van der Waals surface area (Å²) < 4.78 is 14.2. The van der Waals surface area contributed by atoms with Crippen molar-refractivity contribution in [1.82, 2.24) is 9.97 Å². The Balaban J connectivity index is 1.86. The van der Waals surface area contributed by atoms with E-state index in [2.05, 4.69) is 9.97 Å². The molecule has 1 aromatic heterocycles. The molecule has 0 saturated heterocycles. The van der Waals surface area contributed by atoms with Crippen molar-refractivity contribution in [3.05, 3.63) is 92.1 Å². The number of ketones is 1. The number of halogens is 2. The van der Waals surface area contributed by atoms with Gasteiger partial charge in [-0.15, -0.1) is 0 Å². The van der Waals surface area contributed by atoms with Crippen molar-refractivity contribution in [3.8, 4) is 0 Å². The smallest absolute Gasteiger partial charge is 0.254 e. The lowest BCUT2D eigenvalue weighted by Crippen LogP contribution is -2.19. The summed E-state index contributed by atoms with van der Waals surface area (Å²) in [6, 6.07) is 13.4. The molecule has 1 N–H and O–H groups in total. The van der Waals surface area contributed by atoms with Crippen LogP contribution in [0.1, 0.15) is 34.1 Å². The highest BCUT2D eigenvalue weighted by Gasteiger charge is 2.16. The van der Waals surface area contributed by atoms with Crippen LogP contribution < -0.4 is 5.56 Å². The summed E-state index contributed by atoms with van der Waals surface area (Å²) in [7, 11) is 0. The van der Waals surface area contributed by atoms with Crippen LogP contribution in [0.15, 0.2) is 58.5 Å². The zero-order valence-electron chi connectivity index (χ0n) is 15.2. The Morgan fingerprint density at radius 3 is 2.57 bits per heavy atom. The molecule has 2 aromatic carbocycles. The predicted octanol–water partition coefficient (Wildman–Crippen LogP) is 4.69. The third-order valence-electron chi connectivity index (χ3n) is 4.27. The van der Waals surface area contributed by atoms with Crippen molar-refractivity contribution in [3.63, 3.8) is 0 Å². The van der Waals surface area contributed by atoms with Gasteiger partial charge in [0.1, 0.15) is 5.82 Å². The molecule has 0 aliphatic heterocycles. The van der Waals surface area contributed by atoms with E-state index in [0.717, 1.165) is 11.8 Å². The van der Waals surface area contributed by atoms with Crippen molar-refractivity contribution in [2.45, 2.75) is 24.9 Å². The van der Waals surface area contributed by atoms with Crippen LogP contribution in [0.3, 0.4) is 0 Å². The second-order valence-electron chi connectivity index (χ2n) is 6.10. The minimum Gasteiger partial charge on any atom is -0.301 e. The third kappa shape index (κ3) is 4.69. The Bertz CT molecular complexity index is 1030. The number of hydrogen-bond acceptors (Lipinski definition) is 4. The molecule has 0 saturated carbocycles. The van der Waals surface area contributed by atoms with E-state index in [1.165, 1.54) is 12.1 Å². The molecule has 0 bridgehead atoms.